The van der Waals surface area contributed by atoms with Crippen LogP contribution in [-0.2, 0) is 6.42 Å². The van der Waals surface area contributed by atoms with Crippen LogP contribution in [0.15, 0.2) is 140 Å². The molecule has 0 heteroatoms. The van der Waals surface area contributed by atoms with Gasteiger partial charge in [0.2, 0.25) is 0 Å². The van der Waals surface area contributed by atoms with Crippen molar-refractivity contribution in [1.29, 1.82) is 0 Å². The largest absolute Gasteiger partial charge is 0.0717 e. The molecule has 0 saturated carbocycles. The molecule has 0 fully saturated rings. The minimum atomic E-state index is 0.888. The van der Waals surface area contributed by atoms with Gasteiger partial charge in [0.1, 0.15) is 0 Å². The SMILES string of the molecule is Cc1ccc(-c2ccc(/C(=C/Cc3ccc(-c4ccccc4)cc3)c3ccccc3)cc2)cc1. The molecule has 0 atom stereocenters. The van der Waals surface area contributed by atoms with Crippen LogP contribution in [0.25, 0.3) is 27.8 Å². The summed E-state index contributed by atoms with van der Waals surface area (Å²) in [4.78, 5) is 0. The van der Waals surface area contributed by atoms with Crippen LogP contribution in [0.4, 0.5) is 0 Å². The van der Waals surface area contributed by atoms with E-state index in [9.17, 15) is 0 Å². The van der Waals surface area contributed by atoms with Gasteiger partial charge in [-0.1, -0.05) is 145 Å². The second-order valence-corrected chi connectivity index (χ2v) is 8.69. The Kier molecular flexibility index (Phi) is 6.49. The lowest BCUT2D eigenvalue weighted by Crippen LogP contribution is -1.91. The number of allylic oxidation sites excluding steroid dienone is 1. The highest BCUT2D eigenvalue weighted by Crippen LogP contribution is 2.28. The Morgan fingerprint density at radius 3 is 1.50 bits per heavy atom. The van der Waals surface area contributed by atoms with Crippen molar-refractivity contribution in [3.05, 3.63) is 162 Å². The van der Waals surface area contributed by atoms with E-state index in [0.29, 0.717) is 0 Å². The minimum absolute atomic E-state index is 0.888. The normalized spacial score (nSPS) is 11.4. The van der Waals surface area contributed by atoms with Gasteiger partial charge in [0.25, 0.3) is 0 Å². The smallest absolute Gasteiger partial charge is 0.00880 e. The van der Waals surface area contributed by atoms with Crippen molar-refractivity contribution >= 4 is 5.57 Å². The van der Waals surface area contributed by atoms with Crippen LogP contribution in [0.1, 0.15) is 22.3 Å². The molecule has 34 heavy (non-hydrogen) atoms. The third-order valence-corrected chi connectivity index (χ3v) is 6.27. The molecule has 0 radical (unpaired) electrons. The number of rotatable bonds is 6. The van der Waals surface area contributed by atoms with Gasteiger partial charge in [-0.2, -0.15) is 0 Å². The fourth-order valence-electron chi connectivity index (χ4n) is 4.29. The predicted octanol–water partition coefficient (Wildman–Crippen LogP) is 9.00. The second kappa shape index (κ2) is 10.2. The number of hydrogen-bond acceptors (Lipinski definition) is 0. The first kappa shape index (κ1) is 21.7. The van der Waals surface area contributed by atoms with Crippen LogP contribution >= 0.6 is 0 Å². The topological polar surface area (TPSA) is 0 Å². The fourth-order valence-corrected chi connectivity index (χ4v) is 4.29. The monoisotopic (exact) mass is 436 g/mol. The minimum Gasteiger partial charge on any atom is -0.0717 e. The highest BCUT2D eigenvalue weighted by atomic mass is 14.1. The lowest BCUT2D eigenvalue weighted by atomic mass is 9.93. The van der Waals surface area contributed by atoms with Crippen molar-refractivity contribution in [2.24, 2.45) is 0 Å². The van der Waals surface area contributed by atoms with Gasteiger partial charge in [0, 0.05) is 0 Å². The van der Waals surface area contributed by atoms with E-state index in [1.54, 1.807) is 0 Å². The predicted molar refractivity (Wildman–Crippen MR) is 146 cm³/mol. The highest BCUT2D eigenvalue weighted by molar-refractivity contribution is 5.81. The summed E-state index contributed by atoms with van der Waals surface area (Å²) in [6, 6.07) is 47.8. The van der Waals surface area contributed by atoms with Crippen molar-refractivity contribution in [1.82, 2.24) is 0 Å². The molecule has 5 aromatic carbocycles. The molecule has 164 valence electrons. The van der Waals surface area contributed by atoms with Crippen LogP contribution in [0.3, 0.4) is 0 Å². The first-order chi connectivity index (χ1) is 16.8. The molecule has 0 aliphatic heterocycles. The molecule has 0 nitrogen and oxygen atoms in total. The Bertz CT molecular complexity index is 1360. The molecule has 0 spiro atoms. The lowest BCUT2D eigenvalue weighted by Gasteiger charge is -2.11. The Hall–Kier alpha value is -4.16. The molecular formula is C34H28. The summed E-state index contributed by atoms with van der Waals surface area (Å²) in [5.41, 5.74) is 11.3. The summed E-state index contributed by atoms with van der Waals surface area (Å²) in [5.74, 6) is 0. The molecule has 0 aromatic heterocycles. The molecular weight excluding hydrogens is 408 g/mol. The fraction of sp³-hybridized carbons (Fsp3) is 0.0588. The van der Waals surface area contributed by atoms with Crippen molar-refractivity contribution in [2.75, 3.05) is 0 Å². The first-order valence-electron chi connectivity index (χ1n) is 11.8. The number of aryl methyl sites for hydroxylation is 1. The van der Waals surface area contributed by atoms with E-state index in [1.807, 2.05) is 0 Å². The zero-order chi connectivity index (χ0) is 23.2. The highest BCUT2D eigenvalue weighted by Gasteiger charge is 2.06. The average Bonchev–Trinajstić information content (AvgIpc) is 2.91. The van der Waals surface area contributed by atoms with E-state index in [0.717, 1.165) is 6.42 Å². The van der Waals surface area contributed by atoms with Gasteiger partial charge in [-0.3, -0.25) is 0 Å². The van der Waals surface area contributed by atoms with E-state index in [2.05, 4.69) is 146 Å². The van der Waals surface area contributed by atoms with E-state index >= 15 is 0 Å². The van der Waals surface area contributed by atoms with Gasteiger partial charge < -0.3 is 0 Å². The molecule has 0 saturated heterocycles. The zero-order valence-corrected chi connectivity index (χ0v) is 19.5. The second-order valence-electron chi connectivity index (χ2n) is 8.69. The van der Waals surface area contributed by atoms with Gasteiger partial charge in [-0.25, -0.2) is 0 Å². The summed E-state index contributed by atoms with van der Waals surface area (Å²) in [6.45, 7) is 2.12. The van der Waals surface area contributed by atoms with E-state index in [4.69, 9.17) is 0 Å². The number of benzene rings is 5. The van der Waals surface area contributed by atoms with Crippen LogP contribution < -0.4 is 0 Å². The molecule has 0 aliphatic rings. The van der Waals surface area contributed by atoms with Gasteiger partial charge in [0.05, 0.1) is 0 Å². The van der Waals surface area contributed by atoms with Crippen LogP contribution in [0.5, 0.6) is 0 Å². The summed E-state index contributed by atoms with van der Waals surface area (Å²) >= 11 is 0. The summed E-state index contributed by atoms with van der Waals surface area (Å²) in [6.07, 6.45) is 3.24. The quantitative estimate of drug-likeness (QED) is 0.249. The molecule has 0 N–H and O–H groups in total. The molecule has 5 aromatic rings. The Morgan fingerprint density at radius 2 is 0.912 bits per heavy atom. The molecule has 0 heterocycles. The van der Waals surface area contributed by atoms with Crippen LogP contribution in [0.2, 0.25) is 0 Å². The summed E-state index contributed by atoms with van der Waals surface area (Å²) in [7, 11) is 0. The van der Waals surface area contributed by atoms with Crippen molar-refractivity contribution < 1.29 is 0 Å². The maximum Gasteiger partial charge on any atom is -0.00880 e. The van der Waals surface area contributed by atoms with Crippen molar-refractivity contribution in [2.45, 2.75) is 13.3 Å². The molecule has 0 unspecified atom stereocenters. The Balaban J connectivity index is 1.42. The summed E-state index contributed by atoms with van der Waals surface area (Å²) < 4.78 is 0. The maximum absolute atomic E-state index is 2.35. The van der Waals surface area contributed by atoms with Gasteiger partial charge in [-0.15, -0.1) is 0 Å². The zero-order valence-electron chi connectivity index (χ0n) is 19.5. The standard InChI is InChI=1S/C34H28/c1-26-12-17-29(18-13-26)31-21-23-33(24-22-31)34(32-10-6-3-7-11-32)25-16-27-14-19-30(20-15-27)28-8-4-2-5-9-28/h2-15,17-25H,16H2,1H3/b34-25+. The third-order valence-electron chi connectivity index (χ3n) is 6.27. The average molecular weight is 437 g/mol. The molecule has 0 bridgehead atoms. The van der Waals surface area contributed by atoms with Gasteiger partial charge in [-0.05, 0) is 57.9 Å². The summed E-state index contributed by atoms with van der Waals surface area (Å²) in [5, 5.41) is 0. The van der Waals surface area contributed by atoms with Gasteiger partial charge >= 0.3 is 0 Å². The van der Waals surface area contributed by atoms with Crippen molar-refractivity contribution in [3.63, 3.8) is 0 Å². The molecule has 0 aliphatic carbocycles. The maximum atomic E-state index is 2.35. The van der Waals surface area contributed by atoms with E-state index in [1.165, 1.54) is 50.1 Å². The van der Waals surface area contributed by atoms with Crippen molar-refractivity contribution in [3.8, 4) is 22.3 Å². The third kappa shape index (κ3) is 5.08. The first-order valence-corrected chi connectivity index (χ1v) is 11.8. The van der Waals surface area contributed by atoms with E-state index in [-0.39, 0.29) is 0 Å². The Labute approximate surface area is 202 Å². The lowest BCUT2D eigenvalue weighted by molar-refractivity contribution is 1.27. The van der Waals surface area contributed by atoms with Gasteiger partial charge in [0.15, 0.2) is 0 Å². The molecule has 0 amide bonds. The molecule has 5 rings (SSSR count). The van der Waals surface area contributed by atoms with Crippen LogP contribution in [-0.4, -0.2) is 0 Å². The van der Waals surface area contributed by atoms with Crippen LogP contribution in [0, 0.1) is 6.92 Å². The Morgan fingerprint density at radius 1 is 0.471 bits per heavy atom. The van der Waals surface area contributed by atoms with E-state index < -0.39 is 0 Å². The number of hydrogen-bond donors (Lipinski definition) is 0.